The van der Waals surface area contributed by atoms with Crippen molar-refractivity contribution in [1.82, 2.24) is 5.32 Å². The molecule has 0 saturated carbocycles. The molecule has 0 radical (unpaired) electrons. The van der Waals surface area contributed by atoms with Crippen LogP contribution in [0.2, 0.25) is 0 Å². The van der Waals surface area contributed by atoms with Gasteiger partial charge in [0, 0.05) is 13.2 Å². The van der Waals surface area contributed by atoms with Crippen LogP contribution in [0.5, 0.6) is 0 Å². The molecule has 0 fully saturated rings. The molecular formula is C8H19NO. The van der Waals surface area contributed by atoms with E-state index in [0.29, 0.717) is 18.1 Å². The summed E-state index contributed by atoms with van der Waals surface area (Å²) in [5.41, 5.74) is 0. The Bertz CT molecular complexity index is 75.3. The van der Waals surface area contributed by atoms with Gasteiger partial charge in [0.05, 0.1) is 6.10 Å². The Kier molecular flexibility index (Phi) is 4.65. The molecule has 0 amide bonds. The van der Waals surface area contributed by atoms with E-state index >= 15 is 0 Å². The summed E-state index contributed by atoms with van der Waals surface area (Å²) in [4.78, 5) is 0. The first kappa shape index (κ1) is 9.92. The van der Waals surface area contributed by atoms with E-state index in [9.17, 15) is 0 Å². The number of nitrogens with one attached hydrogen (secondary N) is 1. The monoisotopic (exact) mass is 145 g/mol. The average Bonchev–Trinajstić information content (AvgIpc) is 2.00. The summed E-state index contributed by atoms with van der Waals surface area (Å²) in [6.45, 7) is 6.45. The van der Waals surface area contributed by atoms with Crippen molar-refractivity contribution in [3.63, 3.8) is 0 Å². The molecule has 62 valence electrons. The van der Waals surface area contributed by atoms with Crippen LogP contribution in [-0.4, -0.2) is 26.3 Å². The first-order valence-electron chi connectivity index (χ1n) is 3.83. The third-order valence-electron chi connectivity index (χ3n) is 2.36. The summed E-state index contributed by atoms with van der Waals surface area (Å²) in [6, 6.07) is 0.523. The number of hydrogen-bond donors (Lipinski definition) is 1. The van der Waals surface area contributed by atoms with Gasteiger partial charge in [0.2, 0.25) is 0 Å². The standard InChI is InChI=1S/C8H19NO/c1-6(7(2)9-4)8(3)10-5/h6-9H,1-5H3. The molecule has 0 aliphatic heterocycles. The Morgan fingerprint density at radius 2 is 1.70 bits per heavy atom. The highest BCUT2D eigenvalue weighted by Gasteiger charge is 2.16. The minimum absolute atomic E-state index is 0.336. The van der Waals surface area contributed by atoms with Crippen molar-refractivity contribution in [3.05, 3.63) is 0 Å². The second kappa shape index (κ2) is 4.69. The van der Waals surface area contributed by atoms with Crippen molar-refractivity contribution in [2.45, 2.75) is 32.9 Å². The van der Waals surface area contributed by atoms with Crippen LogP contribution in [0.1, 0.15) is 20.8 Å². The molecule has 0 aromatic rings. The molecule has 2 nitrogen and oxygen atoms in total. The molecule has 0 rings (SSSR count). The summed E-state index contributed by atoms with van der Waals surface area (Å²) in [5, 5.41) is 3.20. The maximum absolute atomic E-state index is 5.19. The number of ether oxygens (including phenoxy) is 1. The summed E-state index contributed by atoms with van der Waals surface area (Å²) in [5.74, 6) is 0.565. The third kappa shape index (κ3) is 2.67. The Labute approximate surface area is 64.0 Å². The van der Waals surface area contributed by atoms with E-state index in [2.05, 4.69) is 26.1 Å². The van der Waals surface area contributed by atoms with E-state index in [4.69, 9.17) is 4.74 Å². The van der Waals surface area contributed by atoms with E-state index in [-0.39, 0.29) is 0 Å². The first-order chi connectivity index (χ1) is 4.63. The molecule has 10 heavy (non-hydrogen) atoms. The predicted molar refractivity (Wildman–Crippen MR) is 44.2 cm³/mol. The van der Waals surface area contributed by atoms with Crippen LogP contribution in [0.15, 0.2) is 0 Å². The van der Waals surface area contributed by atoms with Crippen LogP contribution in [0, 0.1) is 5.92 Å². The zero-order valence-corrected chi connectivity index (χ0v) is 7.64. The van der Waals surface area contributed by atoms with E-state index in [1.54, 1.807) is 7.11 Å². The Hall–Kier alpha value is -0.0800. The molecule has 0 saturated heterocycles. The molecule has 2 heteroatoms. The van der Waals surface area contributed by atoms with Crippen LogP contribution in [0.25, 0.3) is 0 Å². The second-order valence-electron chi connectivity index (χ2n) is 2.88. The topological polar surface area (TPSA) is 21.3 Å². The minimum Gasteiger partial charge on any atom is -0.381 e. The molecule has 0 aromatic carbocycles. The summed E-state index contributed by atoms with van der Waals surface area (Å²) >= 11 is 0. The zero-order valence-electron chi connectivity index (χ0n) is 7.64. The van der Waals surface area contributed by atoms with E-state index in [0.717, 1.165) is 0 Å². The van der Waals surface area contributed by atoms with Gasteiger partial charge in [-0.3, -0.25) is 0 Å². The van der Waals surface area contributed by atoms with Gasteiger partial charge in [0.15, 0.2) is 0 Å². The molecule has 3 atom stereocenters. The Balaban J connectivity index is 3.69. The van der Waals surface area contributed by atoms with Crippen LogP contribution < -0.4 is 5.32 Å². The molecule has 1 N–H and O–H groups in total. The van der Waals surface area contributed by atoms with Gasteiger partial charge in [-0.15, -0.1) is 0 Å². The lowest BCUT2D eigenvalue weighted by atomic mass is 9.98. The minimum atomic E-state index is 0.336. The largest absolute Gasteiger partial charge is 0.381 e. The van der Waals surface area contributed by atoms with Gasteiger partial charge >= 0.3 is 0 Å². The van der Waals surface area contributed by atoms with Gasteiger partial charge < -0.3 is 10.1 Å². The first-order valence-corrected chi connectivity index (χ1v) is 3.83. The number of rotatable bonds is 4. The van der Waals surface area contributed by atoms with E-state index < -0.39 is 0 Å². The predicted octanol–water partition coefficient (Wildman–Crippen LogP) is 1.27. The van der Waals surface area contributed by atoms with Crippen molar-refractivity contribution in [2.75, 3.05) is 14.2 Å². The van der Waals surface area contributed by atoms with Gasteiger partial charge in [-0.05, 0) is 26.8 Å². The molecule has 0 aromatic heterocycles. The van der Waals surface area contributed by atoms with Crippen molar-refractivity contribution >= 4 is 0 Å². The third-order valence-corrected chi connectivity index (χ3v) is 2.36. The van der Waals surface area contributed by atoms with Crippen molar-refractivity contribution in [2.24, 2.45) is 5.92 Å². The molecular weight excluding hydrogens is 126 g/mol. The molecule has 0 bridgehead atoms. The van der Waals surface area contributed by atoms with Crippen LogP contribution in [0.4, 0.5) is 0 Å². The fourth-order valence-electron chi connectivity index (χ4n) is 0.884. The van der Waals surface area contributed by atoms with Gasteiger partial charge in [-0.25, -0.2) is 0 Å². The van der Waals surface area contributed by atoms with Crippen molar-refractivity contribution in [3.8, 4) is 0 Å². The number of hydrogen-bond acceptors (Lipinski definition) is 2. The van der Waals surface area contributed by atoms with Crippen molar-refractivity contribution < 1.29 is 4.74 Å². The van der Waals surface area contributed by atoms with Gasteiger partial charge in [-0.2, -0.15) is 0 Å². The highest BCUT2D eigenvalue weighted by atomic mass is 16.5. The van der Waals surface area contributed by atoms with Gasteiger partial charge in [-0.1, -0.05) is 6.92 Å². The van der Waals surface area contributed by atoms with E-state index in [1.165, 1.54) is 0 Å². The number of methoxy groups -OCH3 is 1. The SMILES string of the molecule is CNC(C)C(C)C(C)OC. The Morgan fingerprint density at radius 3 is 2.00 bits per heavy atom. The lowest BCUT2D eigenvalue weighted by molar-refractivity contribution is 0.0614. The summed E-state index contributed by atoms with van der Waals surface area (Å²) in [7, 11) is 3.73. The van der Waals surface area contributed by atoms with Gasteiger partial charge in [0.25, 0.3) is 0 Å². The zero-order chi connectivity index (χ0) is 8.15. The van der Waals surface area contributed by atoms with Crippen LogP contribution in [0.3, 0.4) is 0 Å². The quantitative estimate of drug-likeness (QED) is 0.643. The lowest BCUT2D eigenvalue weighted by Gasteiger charge is -2.24. The maximum atomic E-state index is 5.19. The molecule has 0 aliphatic rings. The molecule has 3 unspecified atom stereocenters. The molecule has 0 heterocycles. The average molecular weight is 145 g/mol. The smallest absolute Gasteiger partial charge is 0.0583 e. The Morgan fingerprint density at radius 1 is 1.20 bits per heavy atom. The van der Waals surface area contributed by atoms with Gasteiger partial charge in [0.1, 0.15) is 0 Å². The maximum Gasteiger partial charge on any atom is 0.0583 e. The normalized spacial score (nSPS) is 20.1. The van der Waals surface area contributed by atoms with E-state index in [1.807, 2.05) is 7.05 Å². The summed E-state index contributed by atoms with van der Waals surface area (Å²) < 4.78 is 5.19. The summed E-state index contributed by atoms with van der Waals surface area (Å²) in [6.07, 6.45) is 0.336. The highest BCUT2D eigenvalue weighted by molar-refractivity contribution is 4.71. The van der Waals surface area contributed by atoms with Crippen LogP contribution in [-0.2, 0) is 4.74 Å². The van der Waals surface area contributed by atoms with Crippen LogP contribution >= 0.6 is 0 Å². The lowest BCUT2D eigenvalue weighted by Crippen LogP contribution is -2.35. The molecule has 0 spiro atoms. The van der Waals surface area contributed by atoms with Crippen molar-refractivity contribution in [1.29, 1.82) is 0 Å². The highest BCUT2D eigenvalue weighted by Crippen LogP contribution is 2.09. The molecule has 0 aliphatic carbocycles. The fourth-order valence-corrected chi connectivity index (χ4v) is 0.884. The fraction of sp³-hybridized carbons (Fsp3) is 1.00. The second-order valence-corrected chi connectivity index (χ2v) is 2.88.